The normalized spacial score (nSPS) is 12.4. The van der Waals surface area contributed by atoms with Crippen LogP contribution in [0.15, 0.2) is 59.0 Å². The van der Waals surface area contributed by atoms with Crippen molar-refractivity contribution in [2.24, 2.45) is 0 Å². The Morgan fingerprint density at radius 1 is 0.938 bits per heavy atom. The summed E-state index contributed by atoms with van der Waals surface area (Å²) < 4.78 is 5.81. The first-order valence-electron chi connectivity index (χ1n) is 10.3. The third-order valence-corrected chi connectivity index (χ3v) is 6.69. The molecule has 160 valence electrons. The second-order valence-corrected chi connectivity index (χ2v) is 8.76. The fourth-order valence-electron chi connectivity index (χ4n) is 3.71. The Bertz CT molecular complexity index is 1290. The van der Waals surface area contributed by atoms with Crippen molar-refractivity contribution < 1.29 is 14.0 Å². The summed E-state index contributed by atoms with van der Waals surface area (Å²) in [7, 11) is 0. The van der Waals surface area contributed by atoms with E-state index in [2.05, 4.69) is 21.0 Å². The molecule has 0 bridgehead atoms. The number of hydrazine groups is 1. The lowest BCUT2D eigenvalue weighted by Crippen LogP contribution is -2.41. The molecule has 1 aliphatic rings. The van der Waals surface area contributed by atoms with E-state index in [1.165, 1.54) is 21.8 Å². The Morgan fingerprint density at radius 2 is 1.69 bits per heavy atom. The number of nitrogens with zero attached hydrogens (tertiary/aromatic N) is 2. The lowest BCUT2D eigenvalue weighted by molar-refractivity contribution is 0.0849. The molecule has 0 aliphatic heterocycles. The van der Waals surface area contributed by atoms with Gasteiger partial charge >= 0.3 is 0 Å². The maximum absolute atomic E-state index is 12.4. The Hall–Kier alpha value is -3.78. The predicted octanol–water partition coefficient (Wildman–Crippen LogP) is 4.34. The van der Waals surface area contributed by atoms with E-state index in [9.17, 15) is 9.59 Å². The van der Waals surface area contributed by atoms with Gasteiger partial charge in [0.05, 0.1) is 4.88 Å². The molecule has 0 unspecified atom stereocenters. The largest absolute Gasteiger partial charge is 0.416 e. The van der Waals surface area contributed by atoms with Crippen LogP contribution in [0.2, 0.25) is 0 Å². The van der Waals surface area contributed by atoms with Crippen molar-refractivity contribution in [3.63, 3.8) is 0 Å². The molecular formula is C24H20N4O3S. The molecule has 4 aromatic rings. The van der Waals surface area contributed by atoms with Crippen LogP contribution in [0.25, 0.3) is 22.9 Å². The van der Waals surface area contributed by atoms with Gasteiger partial charge in [-0.25, -0.2) is 0 Å². The second kappa shape index (κ2) is 8.39. The maximum Gasteiger partial charge on any atom is 0.279 e. The summed E-state index contributed by atoms with van der Waals surface area (Å²) in [4.78, 5) is 26.6. The van der Waals surface area contributed by atoms with Gasteiger partial charge in [0.2, 0.25) is 11.8 Å². The highest BCUT2D eigenvalue weighted by Gasteiger charge is 2.19. The summed E-state index contributed by atoms with van der Waals surface area (Å²) in [6.45, 7) is 1.98. The van der Waals surface area contributed by atoms with E-state index in [1.54, 1.807) is 24.3 Å². The Labute approximate surface area is 188 Å². The van der Waals surface area contributed by atoms with E-state index in [0.717, 1.165) is 30.4 Å². The molecule has 1 aliphatic carbocycles. The average Bonchev–Trinajstić information content (AvgIpc) is 3.54. The zero-order valence-corrected chi connectivity index (χ0v) is 18.2. The van der Waals surface area contributed by atoms with Crippen molar-refractivity contribution in [1.82, 2.24) is 21.0 Å². The highest BCUT2D eigenvalue weighted by molar-refractivity contribution is 7.14. The number of hydrogen-bond donors (Lipinski definition) is 2. The van der Waals surface area contributed by atoms with Crippen LogP contribution < -0.4 is 10.9 Å². The van der Waals surface area contributed by atoms with Gasteiger partial charge in [0, 0.05) is 21.6 Å². The van der Waals surface area contributed by atoms with Gasteiger partial charge in [-0.05, 0) is 73.7 Å². The third-order valence-electron chi connectivity index (χ3n) is 5.45. The van der Waals surface area contributed by atoms with Gasteiger partial charge < -0.3 is 4.42 Å². The Kier molecular flexibility index (Phi) is 5.28. The topological polar surface area (TPSA) is 97.1 Å². The van der Waals surface area contributed by atoms with Crippen LogP contribution in [0, 0.1) is 6.92 Å². The third kappa shape index (κ3) is 3.92. The molecule has 2 aromatic heterocycles. The molecule has 5 rings (SSSR count). The first-order chi connectivity index (χ1) is 15.6. The van der Waals surface area contributed by atoms with Crippen LogP contribution >= 0.6 is 11.3 Å². The molecule has 0 spiro atoms. The van der Waals surface area contributed by atoms with Gasteiger partial charge in [-0.3, -0.25) is 20.4 Å². The van der Waals surface area contributed by atoms with Crippen LogP contribution in [-0.2, 0) is 12.8 Å². The fraction of sp³-hybridized carbons (Fsp3) is 0.167. The summed E-state index contributed by atoms with van der Waals surface area (Å²) in [6.07, 6.45) is 3.19. The number of fused-ring (bicyclic) bond motifs is 1. The molecular weight excluding hydrogens is 424 g/mol. The fourth-order valence-corrected chi connectivity index (χ4v) is 4.86. The molecule has 0 saturated heterocycles. The van der Waals surface area contributed by atoms with Crippen LogP contribution in [0.1, 0.15) is 42.5 Å². The molecule has 0 fully saturated rings. The van der Waals surface area contributed by atoms with Crippen LogP contribution in [0.3, 0.4) is 0 Å². The van der Waals surface area contributed by atoms with E-state index >= 15 is 0 Å². The number of carbonyl (C=O) groups is 2. The SMILES string of the molecule is Cc1ccccc1-c1nnc(-c2ccc(C(=O)NNC(=O)c3cc4c(s3)CCC4)cc2)o1. The number of benzene rings is 2. The number of amides is 2. The zero-order chi connectivity index (χ0) is 22.1. The van der Waals surface area contributed by atoms with Gasteiger partial charge in [-0.2, -0.15) is 0 Å². The predicted molar refractivity (Wildman–Crippen MR) is 121 cm³/mol. The van der Waals surface area contributed by atoms with Crippen molar-refractivity contribution >= 4 is 23.2 Å². The van der Waals surface area contributed by atoms with Crippen molar-refractivity contribution in [3.8, 4) is 22.9 Å². The van der Waals surface area contributed by atoms with Crippen molar-refractivity contribution in [2.45, 2.75) is 26.2 Å². The molecule has 32 heavy (non-hydrogen) atoms. The minimum Gasteiger partial charge on any atom is -0.416 e. The lowest BCUT2D eigenvalue weighted by Gasteiger charge is -2.06. The summed E-state index contributed by atoms with van der Waals surface area (Å²) >= 11 is 1.49. The van der Waals surface area contributed by atoms with Gasteiger partial charge in [-0.1, -0.05) is 18.2 Å². The maximum atomic E-state index is 12.4. The molecule has 2 heterocycles. The molecule has 0 radical (unpaired) electrons. The monoisotopic (exact) mass is 444 g/mol. The number of aromatic nitrogens is 2. The molecule has 2 N–H and O–H groups in total. The van der Waals surface area contributed by atoms with Crippen molar-refractivity contribution in [3.05, 3.63) is 81.0 Å². The van der Waals surface area contributed by atoms with Crippen LogP contribution in [0.4, 0.5) is 0 Å². The number of carbonyl (C=O) groups excluding carboxylic acids is 2. The van der Waals surface area contributed by atoms with Gasteiger partial charge in [0.25, 0.3) is 11.8 Å². The summed E-state index contributed by atoms with van der Waals surface area (Å²) in [5.74, 6) is 0.112. The van der Waals surface area contributed by atoms with E-state index in [1.807, 2.05) is 37.3 Å². The van der Waals surface area contributed by atoms with Crippen LogP contribution in [0.5, 0.6) is 0 Å². The quantitative estimate of drug-likeness (QED) is 0.457. The van der Waals surface area contributed by atoms with Crippen molar-refractivity contribution in [2.75, 3.05) is 0 Å². The van der Waals surface area contributed by atoms with Gasteiger partial charge in [0.15, 0.2) is 0 Å². The zero-order valence-electron chi connectivity index (χ0n) is 17.3. The second-order valence-electron chi connectivity index (χ2n) is 7.63. The van der Waals surface area contributed by atoms with Crippen LogP contribution in [-0.4, -0.2) is 22.0 Å². The first-order valence-corrected chi connectivity index (χ1v) is 11.1. The molecule has 2 amide bonds. The molecule has 0 saturated carbocycles. The summed E-state index contributed by atoms with van der Waals surface area (Å²) in [5, 5.41) is 8.25. The number of rotatable bonds is 4. The Balaban J connectivity index is 1.23. The van der Waals surface area contributed by atoms with Gasteiger partial charge in [-0.15, -0.1) is 21.5 Å². The highest BCUT2D eigenvalue weighted by atomic mass is 32.1. The van der Waals surface area contributed by atoms with E-state index in [0.29, 0.717) is 27.8 Å². The number of nitrogens with one attached hydrogen (secondary N) is 2. The Morgan fingerprint density at radius 3 is 2.47 bits per heavy atom. The van der Waals surface area contributed by atoms with Gasteiger partial charge in [0.1, 0.15) is 0 Å². The number of hydrogen-bond acceptors (Lipinski definition) is 6. The number of thiophene rings is 1. The molecule has 7 nitrogen and oxygen atoms in total. The van der Waals surface area contributed by atoms with E-state index in [4.69, 9.17) is 4.42 Å². The minimum absolute atomic E-state index is 0.302. The first kappa shape index (κ1) is 20.1. The summed E-state index contributed by atoms with van der Waals surface area (Å²) in [6, 6.07) is 16.5. The molecule has 8 heteroatoms. The van der Waals surface area contributed by atoms with E-state index < -0.39 is 5.91 Å². The molecule has 2 aromatic carbocycles. The van der Waals surface area contributed by atoms with Crippen molar-refractivity contribution in [1.29, 1.82) is 0 Å². The number of aryl methyl sites for hydroxylation is 3. The standard InChI is InChI=1S/C24H20N4O3S/c1-14-5-2-3-7-18(14)24-28-27-23(31-24)16-11-9-15(10-12-16)21(29)25-26-22(30)20-13-17-6-4-8-19(17)32-20/h2-3,5,7,9-13H,4,6,8H2,1H3,(H,25,29)(H,26,30). The summed E-state index contributed by atoms with van der Waals surface area (Å²) in [5.41, 5.74) is 9.24. The molecule has 0 atom stereocenters. The minimum atomic E-state index is -0.403. The smallest absolute Gasteiger partial charge is 0.279 e. The average molecular weight is 445 g/mol. The highest BCUT2D eigenvalue weighted by Crippen LogP contribution is 2.30. The van der Waals surface area contributed by atoms with E-state index in [-0.39, 0.29) is 5.91 Å². The lowest BCUT2D eigenvalue weighted by atomic mass is 10.1.